The van der Waals surface area contributed by atoms with Gasteiger partial charge < -0.3 is 9.64 Å². The van der Waals surface area contributed by atoms with Crippen molar-refractivity contribution < 1.29 is 17.9 Å². The number of hydrogen-bond donors (Lipinski definition) is 1. The molecule has 0 bridgehead atoms. The fourth-order valence-electron chi connectivity index (χ4n) is 2.53. The van der Waals surface area contributed by atoms with Crippen LogP contribution in [-0.4, -0.2) is 34.6 Å². The molecule has 0 radical (unpaired) electrons. The lowest BCUT2D eigenvalue weighted by Crippen LogP contribution is -2.26. The average Bonchev–Trinajstić information content (AvgIpc) is 2.64. The van der Waals surface area contributed by atoms with Gasteiger partial charge in [0.05, 0.1) is 18.4 Å². The van der Waals surface area contributed by atoms with Crippen LogP contribution in [-0.2, 0) is 14.8 Å². The molecule has 1 N–H and O–H groups in total. The molecule has 0 aliphatic rings. The number of hydrogen-bond acceptors (Lipinski definition) is 5. The van der Waals surface area contributed by atoms with Gasteiger partial charge in [0, 0.05) is 23.8 Å². The summed E-state index contributed by atoms with van der Waals surface area (Å²) in [5.41, 5.74) is 1.06. The van der Waals surface area contributed by atoms with Gasteiger partial charge in [0.1, 0.15) is 4.90 Å². The number of esters is 1. The van der Waals surface area contributed by atoms with E-state index in [9.17, 15) is 13.2 Å². The molecule has 8 heteroatoms. The van der Waals surface area contributed by atoms with E-state index in [1.807, 2.05) is 18.7 Å². The first-order chi connectivity index (χ1) is 12.3. The molecule has 140 valence electrons. The molecule has 2 aromatic rings. The number of rotatable bonds is 7. The van der Waals surface area contributed by atoms with Gasteiger partial charge in [-0.05, 0) is 56.3 Å². The highest BCUT2D eigenvalue weighted by atomic mass is 35.5. The lowest BCUT2D eigenvalue weighted by atomic mass is 10.2. The van der Waals surface area contributed by atoms with E-state index in [1.165, 1.54) is 13.2 Å². The van der Waals surface area contributed by atoms with Crippen molar-refractivity contribution in [2.75, 3.05) is 29.8 Å². The number of halogens is 1. The van der Waals surface area contributed by atoms with Crippen LogP contribution in [0.15, 0.2) is 47.4 Å². The van der Waals surface area contributed by atoms with Gasteiger partial charge in [-0.2, -0.15) is 0 Å². The van der Waals surface area contributed by atoms with E-state index < -0.39 is 16.0 Å². The highest BCUT2D eigenvalue weighted by Crippen LogP contribution is 2.29. The topological polar surface area (TPSA) is 75.7 Å². The Morgan fingerprint density at radius 1 is 1.12 bits per heavy atom. The molecular weight excluding hydrogens is 376 g/mol. The maximum atomic E-state index is 13.0. The third-order valence-electron chi connectivity index (χ3n) is 3.87. The van der Waals surface area contributed by atoms with E-state index in [-0.39, 0.29) is 10.5 Å². The summed E-state index contributed by atoms with van der Waals surface area (Å²) in [7, 11) is -2.68. The van der Waals surface area contributed by atoms with Crippen LogP contribution < -0.4 is 9.62 Å². The Labute approximate surface area is 158 Å². The van der Waals surface area contributed by atoms with Crippen LogP contribution in [0.5, 0.6) is 0 Å². The highest BCUT2D eigenvalue weighted by molar-refractivity contribution is 7.92. The SMILES string of the molecule is CCN(CC)c1ccc(C(=O)OC)cc1S(=O)(=O)Nc1ccc(Cl)cc1. The van der Waals surface area contributed by atoms with E-state index >= 15 is 0 Å². The second kappa shape index (κ2) is 8.42. The van der Waals surface area contributed by atoms with E-state index in [1.54, 1.807) is 36.4 Å². The van der Waals surface area contributed by atoms with E-state index in [0.717, 1.165) is 0 Å². The summed E-state index contributed by atoms with van der Waals surface area (Å²) in [6, 6.07) is 10.8. The van der Waals surface area contributed by atoms with Crippen molar-refractivity contribution in [2.45, 2.75) is 18.7 Å². The summed E-state index contributed by atoms with van der Waals surface area (Å²) < 4.78 is 33.2. The maximum absolute atomic E-state index is 13.0. The summed E-state index contributed by atoms with van der Waals surface area (Å²) in [5, 5.41) is 0.504. The van der Waals surface area contributed by atoms with Crippen molar-refractivity contribution >= 4 is 39.0 Å². The first-order valence-electron chi connectivity index (χ1n) is 8.08. The minimum atomic E-state index is -3.93. The number of methoxy groups -OCH3 is 1. The molecule has 0 aliphatic carbocycles. The molecule has 0 aliphatic heterocycles. The largest absolute Gasteiger partial charge is 0.465 e. The number of nitrogens with zero attached hydrogens (tertiary/aromatic N) is 1. The zero-order valence-electron chi connectivity index (χ0n) is 14.8. The standard InChI is InChI=1S/C18H21ClN2O4S/c1-4-21(5-2)16-11-6-13(18(22)25-3)12-17(16)26(23,24)20-15-9-7-14(19)8-10-15/h6-12,20H,4-5H2,1-3H3. The van der Waals surface area contributed by atoms with Crippen LogP contribution in [0.4, 0.5) is 11.4 Å². The molecule has 0 heterocycles. The Balaban J connectivity index is 2.54. The third kappa shape index (κ3) is 4.47. The second-order valence-corrected chi connectivity index (χ2v) is 7.55. The average molecular weight is 397 g/mol. The normalized spacial score (nSPS) is 11.1. The van der Waals surface area contributed by atoms with Gasteiger partial charge in [-0.3, -0.25) is 4.72 Å². The smallest absolute Gasteiger partial charge is 0.337 e. The van der Waals surface area contributed by atoms with Crippen molar-refractivity contribution in [3.63, 3.8) is 0 Å². The van der Waals surface area contributed by atoms with Crippen LogP contribution in [0.25, 0.3) is 0 Å². The summed E-state index contributed by atoms with van der Waals surface area (Å²) in [5.74, 6) is -0.598. The number of ether oxygens (including phenoxy) is 1. The first-order valence-corrected chi connectivity index (χ1v) is 9.94. The van der Waals surface area contributed by atoms with E-state index in [2.05, 4.69) is 4.72 Å². The molecule has 0 unspecified atom stereocenters. The minimum Gasteiger partial charge on any atom is -0.465 e. The quantitative estimate of drug-likeness (QED) is 0.721. The number of anilines is 2. The Morgan fingerprint density at radius 2 is 1.73 bits per heavy atom. The van der Waals surface area contributed by atoms with Gasteiger partial charge in [-0.25, -0.2) is 13.2 Å². The van der Waals surface area contributed by atoms with Gasteiger partial charge in [-0.15, -0.1) is 0 Å². The maximum Gasteiger partial charge on any atom is 0.337 e. The molecule has 0 saturated heterocycles. The third-order valence-corrected chi connectivity index (χ3v) is 5.53. The number of carbonyl (C=O) groups is 1. The zero-order chi connectivity index (χ0) is 19.3. The molecule has 0 atom stereocenters. The molecule has 0 aromatic heterocycles. The Kier molecular flexibility index (Phi) is 6.50. The van der Waals surface area contributed by atoms with Crippen molar-refractivity contribution in [2.24, 2.45) is 0 Å². The first kappa shape index (κ1) is 20.1. The molecular formula is C18H21ClN2O4S. The van der Waals surface area contributed by atoms with Crippen LogP contribution in [0.2, 0.25) is 5.02 Å². The molecule has 2 aromatic carbocycles. The van der Waals surface area contributed by atoms with Gasteiger partial charge in [0.15, 0.2) is 0 Å². The van der Waals surface area contributed by atoms with Crippen molar-refractivity contribution in [3.8, 4) is 0 Å². The second-order valence-electron chi connectivity index (χ2n) is 5.46. The summed E-state index contributed by atoms with van der Waals surface area (Å²) in [6.07, 6.45) is 0. The predicted octanol–water partition coefficient (Wildman–Crippen LogP) is 3.77. The monoisotopic (exact) mass is 396 g/mol. The van der Waals surface area contributed by atoms with Gasteiger partial charge in [-0.1, -0.05) is 11.6 Å². The van der Waals surface area contributed by atoms with Gasteiger partial charge in [0.25, 0.3) is 10.0 Å². The molecule has 0 amide bonds. The number of nitrogens with one attached hydrogen (secondary N) is 1. The fraction of sp³-hybridized carbons (Fsp3) is 0.278. The van der Waals surface area contributed by atoms with Crippen LogP contribution in [0.3, 0.4) is 0 Å². The zero-order valence-corrected chi connectivity index (χ0v) is 16.4. The lowest BCUT2D eigenvalue weighted by Gasteiger charge is -2.24. The predicted molar refractivity (Wildman–Crippen MR) is 104 cm³/mol. The van der Waals surface area contributed by atoms with E-state index in [4.69, 9.17) is 16.3 Å². The summed E-state index contributed by atoms with van der Waals surface area (Å²) in [6.45, 7) is 5.11. The van der Waals surface area contributed by atoms with Gasteiger partial charge >= 0.3 is 5.97 Å². The van der Waals surface area contributed by atoms with Crippen LogP contribution in [0.1, 0.15) is 24.2 Å². The van der Waals surface area contributed by atoms with Crippen LogP contribution in [0, 0.1) is 0 Å². The molecule has 6 nitrogen and oxygen atoms in total. The number of sulfonamides is 1. The van der Waals surface area contributed by atoms with Crippen molar-refractivity contribution in [3.05, 3.63) is 53.1 Å². The Hall–Kier alpha value is -2.25. The number of carbonyl (C=O) groups excluding carboxylic acids is 1. The fourth-order valence-corrected chi connectivity index (χ4v) is 3.96. The minimum absolute atomic E-state index is 0.0130. The van der Waals surface area contributed by atoms with E-state index in [0.29, 0.717) is 29.5 Å². The van der Waals surface area contributed by atoms with Crippen LogP contribution >= 0.6 is 11.6 Å². The Bertz CT molecular complexity index is 879. The Morgan fingerprint density at radius 3 is 2.27 bits per heavy atom. The van der Waals surface area contributed by atoms with Gasteiger partial charge in [0.2, 0.25) is 0 Å². The highest BCUT2D eigenvalue weighted by Gasteiger charge is 2.23. The molecule has 0 spiro atoms. The molecule has 26 heavy (non-hydrogen) atoms. The lowest BCUT2D eigenvalue weighted by molar-refractivity contribution is 0.0600. The van der Waals surface area contributed by atoms with Crippen molar-refractivity contribution in [1.82, 2.24) is 0 Å². The molecule has 2 rings (SSSR count). The molecule has 0 fully saturated rings. The summed E-state index contributed by atoms with van der Waals surface area (Å²) in [4.78, 5) is 13.8. The summed E-state index contributed by atoms with van der Waals surface area (Å²) >= 11 is 5.84. The van der Waals surface area contributed by atoms with Crippen molar-refractivity contribution in [1.29, 1.82) is 0 Å². The number of benzene rings is 2. The molecule has 0 saturated carbocycles.